The van der Waals surface area contributed by atoms with E-state index in [1.807, 2.05) is 0 Å². The van der Waals surface area contributed by atoms with E-state index in [4.69, 9.17) is 4.74 Å². The van der Waals surface area contributed by atoms with E-state index in [0.29, 0.717) is 22.0 Å². The molecule has 6 heteroatoms. The minimum atomic E-state index is -0.488. The van der Waals surface area contributed by atoms with Crippen LogP contribution in [0.4, 0.5) is 4.39 Å². The number of esters is 1. The fourth-order valence-corrected chi connectivity index (χ4v) is 2.86. The zero-order valence-electron chi connectivity index (χ0n) is 14.7. The lowest BCUT2D eigenvalue weighted by Crippen LogP contribution is -2.09. The number of hydrogen-bond donors (Lipinski definition) is 1. The molecule has 0 aliphatic heterocycles. The summed E-state index contributed by atoms with van der Waals surface area (Å²) in [7, 11) is 0. The molecule has 1 heterocycles. The quantitative estimate of drug-likeness (QED) is 0.520. The lowest BCUT2D eigenvalue weighted by molar-refractivity contribution is -0.143. The Bertz CT molecular complexity index is 1020. The average Bonchev–Trinajstić information content (AvgIpc) is 2.66. The van der Waals surface area contributed by atoms with Gasteiger partial charge in [0.25, 0.3) is 0 Å². The summed E-state index contributed by atoms with van der Waals surface area (Å²) < 4.78 is 19.0. The lowest BCUT2D eigenvalue weighted by Gasteiger charge is -2.10. The normalized spacial score (nSPS) is 10.7. The maximum atomic E-state index is 14.2. The van der Waals surface area contributed by atoms with E-state index in [2.05, 4.69) is 4.98 Å². The van der Waals surface area contributed by atoms with E-state index in [0.717, 1.165) is 0 Å². The predicted octanol–water partition coefficient (Wildman–Crippen LogP) is 4.27. The molecule has 27 heavy (non-hydrogen) atoms. The second kappa shape index (κ2) is 7.95. The molecule has 0 aliphatic rings. The van der Waals surface area contributed by atoms with Gasteiger partial charge in [0.1, 0.15) is 17.3 Å². The Labute approximate surface area is 155 Å². The molecule has 0 atom stereocenters. The highest BCUT2D eigenvalue weighted by atomic mass is 19.1. The maximum Gasteiger partial charge on any atom is 0.306 e. The van der Waals surface area contributed by atoms with Crippen molar-refractivity contribution in [1.29, 1.82) is 0 Å². The van der Waals surface area contributed by atoms with Crippen LogP contribution >= 0.6 is 0 Å². The fourth-order valence-electron chi connectivity index (χ4n) is 2.86. The zero-order valence-corrected chi connectivity index (χ0v) is 14.7. The van der Waals surface area contributed by atoms with Crippen LogP contribution in [-0.2, 0) is 9.53 Å². The van der Waals surface area contributed by atoms with Gasteiger partial charge >= 0.3 is 5.97 Å². The molecule has 1 N–H and O–H groups in total. The summed E-state index contributed by atoms with van der Waals surface area (Å²) in [6, 6.07) is 12.9. The summed E-state index contributed by atoms with van der Waals surface area (Å²) in [6.45, 7) is 1.92. The molecular weight excluding hydrogens is 349 g/mol. The van der Waals surface area contributed by atoms with Crippen molar-refractivity contribution in [2.75, 3.05) is 6.61 Å². The molecule has 2 aromatic carbocycles. The van der Waals surface area contributed by atoms with Crippen molar-refractivity contribution >= 4 is 22.7 Å². The molecular formula is C21H18FNO4. The molecule has 1 aromatic heterocycles. The smallest absolute Gasteiger partial charge is 0.306 e. The van der Waals surface area contributed by atoms with Crippen LogP contribution in [0.15, 0.2) is 48.5 Å². The Morgan fingerprint density at radius 3 is 2.56 bits per heavy atom. The first-order valence-electron chi connectivity index (χ1n) is 8.57. The third-order valence-corrected chi connectivity index (χ3v) is 4.12. The number of carbonyl (C=O) groups excluding carboxylic acids is 2. The first kappa shape index (κ1) is 18.5. The number of ketones is 1. The highest BCUT2D eigenvalue weighted by molar-refractivity contribution is 6.02. The number of carbonyl (C=O) groups is 2. The van der Waals surface area contributed by atoms with Gasteiger partial charge in [-0.25, -0.2) is 9.37 Å². The van der Waals surface area contributed by atoms with E-state index in [1.165, 1.54) is 12.1 Å². The van der Waals surface area contributed by atoms with Crippen molar-refractivity contribution in [3.8, 4) is 16.9 Å². The number of benzene rings is 2. The number of ether oxygens (including phenoxy) is 1. The van der Waals surface area contributed by atoms with Crippen LogP contribution in [0.25, 0.3) is 22.0 Å². The van der Waals surface area contributed by atoms with Gasteiger partial charge in [-0.2, -0.15) is 0 Å². The van der Waals surface area contributed by atoms with E-state index in [9.17, 15) is 19.1 Å². The van der Waals surface area contributed by atoms with Gasteiger partial charge in [-0.3, -0.25) is 9.59 Å². The largest absolute Gasteiger partial charge is 0.506 e. The van der Waals surface area contributed by atoms with Crippen LogP contribution < -0.4 is 0 Å². The van der Waals surface area contributed by atoms with Gasteiger partial charge in [-0.15, -0.1) is 0 Å². The number of pyridine rings is 1. The highest BCUT2D eigenvalue weighted by Crippen LogP contribution is 2.32. The molecule has 0 bridgehead atoms. The molecule has 0 aliphatic carbocycles. The minimum Gasteiger partial charge on any atom is -0.506 e. The van der Waals surface area contributed by atoms with Gasteiger partial charge in [0.05, 0.1) is 18.5 Å². The summed E-state index contributed by atoms with van der Waals surface area (Å²) in [5.74, 6) is -1.65. The molecule has 0 unspecified atom stereocenters. The first-order chi connectivity index (χ1) is 13.0. The standard InChI is InChI=1S/C21H18FNO4/c1-2-27-19(26)11-10-17(24)21-18(25)12-13-6-5-8-15(20(13)23-21)14-7-3-4-9-16(14)22/h3-9,12,25H,2,10-11H2,1H3. The van der Waals surface area contributed by atoms with Crippen LogP contribution in [0.5, 0.6) is 5.75 Å². The first-order valence-corrected chi connectivity index (χ1v) is 8.57. The maximum absolute atomic E-state index is 14.2. The number of nitrogens with zero attached hydrogens (tertiary/aromatic N) is 1. The summed E-state index contributed by atoms with van der Waals surface area (Å²) in [6.07, 6.45) is -0.229. The Balaban J connectivity index is 2.02. The number of para-hydroxylation sites is 1. The average molecular weight is 367 g/mol. The molecule has 0 saturated carbocycles. The van der Waals surface area contributed by atoms with Crippen molar-refractivity contribution in [2.24, 2.45) is 0 Å². The van der Waals surface area contributed by atoms with E-state index >= 15 is 0 Å². The van der Waals surface area contributed by atoms with E-state index in [1.54, 1.807) is 43.3 Å². The van der Waals surface area contributed by atoms with Gasteiger partial charge in [-0.05, 0) is 19.1 Å². The van der Waals surface area contributed by atoms with Gasteiger partial charge in [0.15, 0.2) is 5.78 Å². The van der Waals surface area contributed by atoms with E-state index in [-0.39, 0.29) is 30.9 Å². The molecule has 0 saturated heterocycles. The number of fused-ring (bicyclic) bond motifs is 1. The topological polar surface area (TPSA) is 76.5 Å². The Kier molecular flexibility index (Phi) is 5.45. The van der Waals surface area contributed by atoms with Crippen molar-refractivity contribution in [3.05, 3.63) is 60.0 Å². The molecule has 3 aromatic rings. The number of aromatic nitrogens is 1. The molecule has 3 rings (SSSR count). The predicted molar refractivity (Wildman–Crippen MR) is 99.0 cm³/mol. The van der Waals surface area contributed by atoms with Crippen LogP contribution in [0, 0.1) is 5.82 Å². The lowest BCUT2D eigenvalue weighted by atomic mass is 10.0. The van der Waals surface area contributed by atoms with Crippen molar-refractivity contribution in [3.63, 3.8) is 0 Å². The molecule has 5 nitrogen and oxygen atoms in total. The molecule has 0 spiro atoms. The van der Waals surface area contributed by atoms with Crippen molar-refractivity contribution in [2.45, 2.75) is 19.8 Å². The summed E-state index contributed by atoms with van der Waals surface area (Å²) >= 11 is 0. The highest BCUT2D eigenvalue weighted by Gasteiger charge is 2.18. The van der Waals surface area contributed by atoms with Crippen molar-refractivity contribution in [1.82, 2.24) is 4.98 Å². The molecule has 0 fully saturated rings. The Hall–Kier alpha value is -3.28. The van der Waals surface area contributed by atoms with Crippen molar-refractivity contribution < 1.29 is 23.8 Å². The number of Topliss-reactive ketones (excluding diaryl/α,β-unsaturated/α-hetero) is 1. The number of halogens is 1. The number of rotatable bonds is 6. The second-order valence-electron chi connectivity index (χ2n) is 5.94. The van der Waals surface area contributed by atoms with Gasteiger partial charge in [-0.1, -0.05) is 36.4 Å². The Morgan fingerprint density at radius 1 is 1.07 bits per heavy atom. The number of hydrogen-bond acceptors (Lipinski definition) is 5. The van der Waals surface area contributed by atoms with Crippen LogP contribution in [-0.4, -0.2) is 28.4 Å². The van der Waals surface area contributed by atoms with Gasteiger partial charge < -0.3 is 9.84 Å². The third-order valence-electron chi connectivity index (χ3n) is 4.12. The zero-order chi connectivity index (χ0) is 19.4. The van der Waals surface area contributed by atoms with Crippen LogP contribution in [0.1, 0.15) is 30.3 Å². The molecule has 0 radical (unpaired) electrons. The monoisotopic (exact) mass is 367 g/mol. The van der Waals surface area contributed by atoms with Crippen LogP contribution in [0.2, 0.25) is 0 Å². The summed E-state index contributed by atoms with van der Waals surface area (Å²) in [5.41, 5.74) is 1.13. The molecule has 138 valence electrons. The summed E-state index contributed by atoms with van der Waals surface area (Å²) in [4.78, 5) is 28.2. The second-order valence-corrected chi connectivity index (χ2v) is 5.94. The summed E-state index contributed by atoms with van der Waals surface area (Å²) in [5, 5.41) is 10.8. The Morgan fingerprint density at radius 2 is 1.81 bits per heavy atom. The SMILES string of the molecule is CCOC(=O)CCC(=O)c1nc2c(-c3ccccc3F)cccc2cc1O. The van der Waals surface area contributed by atoms with Gasteiger partial charge in [0.2, 0.25) is 0 Å². The van der Waals surface area contributed by atoms with Crippen LogP contribution in [0.3, 0.4) is 0 Å². The number of aromatic hydroxyl groups is 1. The fraction of sp³-hybridized carbons (Fsp3) is 0.190. The third kappa shape index (κ3) is 3.95. The molecule has 0 amide bonds. The minimum absolute atomic E-state index is 0.0964. The van der Waals surface area contributed by atoms with E-state index < -0.39 is 17.6 Å². The van der Waals surface area contributed by atoms with Gasteiger partial charge in [0, 0.05) is 22.9 Å².